The van der Waals surface area contributed by atoms with E-state index in [0.717, 1.165) is 24.2 Å². The molecule has 2 unspecified atom stereocenters. The number of hydrogen-bond donors (Lipinski definition) is 1. The molecule has 1 saturated heterocycles. The van der Waals surface area contributed by atoms with Crippen LogP contribution in [-0.4, -0.2) is 49.8 Å². The number of hydrogen-bond acceptors (Lipinski definition) is 4. The van der Waals surface area contributed by atoms with Crippen molar-refractivity contribution in [2.75, 3.05) is 26.7 Å². The second kappa shape index (κ2) is 7.43. The molecule has 2 rings (SSSR count). The highest BCUT2D eigenvalue weighted by molar-refractivity contribution is 5.80. The molecule has 5 heteroatoms. The second-order valence-electron chi connectivity index (χ2n) is 5.48. The largest absolute Gasteiger partial charge is 0.492 e. The Morgan fingerprint density at radius 1 is 1.48 bits per heavy atom. The lowest BCUT2D eigenvalue weighted by atomic mass is 10.2. The van der Waals surface area contributed by atoms with E-state index in [9.17, 15) is 4.79 Å². The van der Waals surface area contributed by atoms with Gasteiger partial charge in [0, 0.05) is 13.6 Å². The van der Waals surface area contributed by atoms with E-state index in [1.807, 2.05) is 31.2 Å². The lowest BCUT2D eigenvalue weighted by molar-refractivity contribution is -0.141. The number of carbonyl (C=O) groups excluding carboxylic acids is 1. The smallest absolute Gasteiger partial charge is 0.251 e. The number of aryl methyl sites for hydroxylation is 1. The Hall–Kier alpha value is -1.59. The van der Waals surface area contributed by atoms with Crippen LogP contribution in [0.1, 0.15) is 18.4 Å². The minimum absolute atomic E-state index is 0.0128. The van der Waals surface area contributed by atoms with E-state index in [4.69, 9.17) is 15.2 Å². The lowest BCUT2D eigenvalue weighted by Gasteiger charge is -2.21. The maximum Gasteiger partial charge on any atom is 0.251 e. The van der Waals surface area contributed by atoms with E-state index in [0.29, 0.717) is 19.7 Å². The number of likely N-dealkylation sites (N-methyl/N-ethyl adjacent to an activating group) is 1. The first kappa shape index (κ1) is 15.8. The Kier molecular flexibility index (Phi) is 5.59. The number of rotatable bonds is 6. The molecule has 1 aromatic rings. The lowest BCUT2D eigenvalue weighted by Crippen LogP contribution is -2.39. The highest BCUT2D eigenvalue weighted by Crippen LogP contribution is 2.20. The third kappa shape index (κ3) is 4.44. The fraction of sp³-hybridized carbons (Fsp3) is 0.562. The summed E-state index contributed by atoms with van der Waals surface area (Å²) in [7, 11) is 1.78. The van der Waals surface area contributed by atoms with Crippen molar-refractivity contribution >= 4 is 5.91 Å². The molecule has 116 valence electrons. The summed E-state index contributed by atoms with van der Waals surface area (Å²) in [5.41, 5.74) is 6.72. The number of ether oxygens (including phenoxy) is 2. The molecule has 0 bridgehead atoms. The van der Waals surface area contributed by atoms with Crippen molar-refractivity contribution in [3.05, 3.63) is 29.8 Å². The van der Waals surface area contributed by atoms with Crippen LogP contribution in [0.3, 0.4) is 0 Å². The molecule has 0 saturated carbocycles. The molecule has 0 aromatic heterocycles. The van der Waals surface area contributed by atoms with Crippen LogP contribution in [0.2, 0.25) is 0 Å². The first-order valence-corrected chi connectivity index (χ1v) is 7.40. The summed E-state index contributed by atoms with van der Waals surface area (Å²) < 4.78 is 11.3. The number of carbonyl (C=O) groups is 1. The zero-order chi connectivity index (χ0) is 15.2. The predicted molar refractivity (Wildman–Crippen MR) is 81.3 cm³/mol. The minimum atomic E-state index is -0.345. The zero-order valence-electron chi connectivity index (χ0n) is 12.7. The van der Waals surface area contributed by atoms with Crippen molar-refractivity contribution in [1.29, 1.82) is 0 Å². The van der Waals surface area contributed by atoms with Gasteiger partial charge < -0.3 is 20.1 Å². The zero-order valence-corrected chi connectivity index (χ0v) is 12.7. The van der Waals surface area contributed by atoms with Crippen LogP contribution in [0.5, 0.6) is 5.75 Å². The van der Waals surface area contributed by atoms with Gasteiger partial charge in [0.2, 0.25) is 0 Å². The maximum absolute atomic E-state index is 12.2. The number of nitrogens with zero attached hydrogens (tertiary/aromatic N) is 1. The van der Waals surface area contributed by atoms with E-state index in [-0.39, 0.29) is 18.1 Å². The number of benzene rings is 1. The minimum Gasteiger partial charge on any atom is -0.492 e. The van der Waals surface area contributed by atoms with Crippen LogP contribution in [-0.2, 0) is 9.53 Å². The molecule has 0 radical (unpaired) electrons. The third-order valence-corrected chi connectivity index (χ3v) is 3.71. The molecule has 0 aliphatic carbocycles. The normalized spacial score (nSPS) is 21.3. The van der Waals surface area contributed by atoms with Crippen LogP contribution in [0.15, 0.2) is 24.3 Å². The van der Waals surface area contributed by atoms with Crippen molar-refractivity contribution in [3.63, 3.8) is 0 Å². The fourth-order valence-electron chi connectivity index (χ4n) is 2.42. The molecular formula is C16H24N2O3. The molecule has 1 aliphatic heterocycles. The molecule has 1 amide bonds. The molecule has 2 atom stereocenters. The van der Waals surface area contributed by atoms with Gasteiger partial charge in [0.1, 0.15) is 18.5 Å². The average molecular weight is 292 g/mol. The van der Waals surface area contributed by atoms with E-state index >= 15 is 0 Å². The van der Waals surface area contributed by atoms with Gasteiger partial charge in [0.05, 0.1) is 12.6 Å². The van der Waals surface area contributed by atoms with E-state index in [2.05, 4.69) is 0 Å². The molecule has 21 heavy (non-hydrogen) atoms. The molecular weight excluding hydrogens is 268 g/mol. The summed E-state index contributed by atoms with van der Waals surface area (Å²) in [6, 6.07) is 7.88. The van der Waals surface area contributed by atoms with Crippen LogP contribution >= 0.6 is 0 Å². The van der Waals surface area contributed by atoms with Crippen molar-refractivity contribution < 1.29 is 14.3 Å². The quantitative estimate of drug-likeness (QED) is 0.859. The summed E-state index contributed by atoms with van der Waals surface area (Å²) >= 11 is 0. The standard InChI is InChI=1S/C16H24N2O3/c1-12-4-3-5-13(10-12)20-9-8-18(2)16(19)15-7-6-14(11-17)21-15/h3-5,10,14-15H,6-9,11,17H2,1-2H3. The molecule has 1 fully saturated rings. The van der Waals surface area contributed by atoms with Crippen molar-refractivity contribution in [3.8, 4) is 5.75 Å². The Labute approximate surface area is 126 Å². The summed E-state index contributed by atoms with van der Waals surface area (Å²) in [6.45, 7) is 3.51. The van der Waals surface area contributed by atoms with Gasteiger partial charge in [0.15, 0.2) is 0 Å². The molecule has 1 aromatic carbocycles. The highest BCUT2D eigenvalue weighted by atomic mass is 16.5. The maximum atomic E-state index is 12.2. The van der Waals surface area contributed by atoms with Gasteiger partial charge in [-0.05, 0) is 37.5 Å². The monoisotopic (exact) mass is 292 g/mol. The van der Waals surface area contributed by atoms with Gasteiger partial charge in [0.25, 0.3) is 5.91 Å². The van der Waals surface area contributed by atoms with Gasteiger partial charge in [-0.15, -0.1) is 0 Å². The van der Waals surface area contributed by atoms with Gasteiger partial charge >= 0.3 is 0 Å². The third-order valence-electron chi connectivity index (χ3n) is 3.71. The van der Waals surface area contributed by atoms with Crippen LogP contribution in [0.4, 0.5) is 0 Å². The van der Waals surface area contributed by atoms with Crippen molar-refractivity contribution in [1.82, 2.24) is 4.90 Å². The molecule has 1 aliphatic rings. The SMILES string of the molecule is Cc1cccc(OCCN(C)C(=O)C2CCC(CN)O2)c1. The Morgan fingerprint density at radius 3 is 2.95 bits per heavy atom. The van der Waals surface area contributed by atoms with Crippen molar-refractivity contribution in [2.45, 2.75) is 32.0 Å². The van der Waals surface area contributed by atoms with Gasteiger partial charge in [-0.25, -0.2) is 0 Å². The molecule has 0 spiro atoms. The van der Waals surface area contributed by atoms with E-state index in [1.165, 1.54) is 0 Å². The Balaban J connectivity index is 1.74. The number of amides is 1. The fourth-order valence-corrected chi connectivity index (χ4v) is 2.42. The number of nitrogens with two attached hydrogens (primary N) is 1. The summed E-state index contributed by atoms with van der Waals surface area (Å²) in [5.74, 6) is 0.843. The average Bonchev–Trinajstić information content (AvgIpc) is 2.95. The Morgan fingerprint density at radius 2 is 2.29 bits per heavy atom. The summed E-state index contributed by atoms with van der Waals surface area (Å²) in [4.78, 5) is 13.9. The van der Waals surface area contributed by atoms with Gasteiger partial charge in [-0.1, -0.05) is 12.1 Å². The summed E-state index contributed by atoms with van der Waals surface area (Å²) in [5, 5.41) is 0. The topological polar surface area (TPSA) is 64.8 Å². The first-order chi connectivity index (χ1) is 10.1. The summed E-state index contributed by atoms with van der Waals surface area (Å²) in [6.07, 6.45) is 1.29. The second-order valence-corrected chi connectivity index (χ2v) is 5.48. The highest BCUT2D eigenvalue weighted by Gasteiger charge is 2.31. The Bertz CT molecular complexity index is 478. The van der Waals surface area contributed by atoms with Gasteiger partial charge in [-0.3, -0.25) is 4.79 Å². The molecule has 1 heterocycles. The van der Waals surface area contributed by atoms with Gasteiger partial charge in [-0.2, -0.15) is 0 Å². The van der Waals surface area contributed by atoms with Crippen LogP contribution in [0.25, 0.3) is 0 Å². The first-order valence-electron chi connectivity index (χ1n) is 7.40. The van der Waals surface area contributed by atoms with Crippen LogP contribution in [0, 0.1) is 6.92 Å². The molecule has 5 nitrogen and oxygen atoms in total. The predicted octanol–water partition coefficient (Wildman–Crippen LogP) is 1.34. The van der Waals surface area contributed by atoms with Crippen molar-refractivity contribution in [2.24, 2.45) is 5.73 Å². The van der Waals surface area contributed by atoms with Crippen LogP contribution < -0.4 is 10.5 Å². The van der Waals surface area contributed by atoms with E-state index < -0.39 is 0 Å². The molecule has 2 N–H and O–H groups in total. The van der Waals surface area contributed by atoms with E-state index in [1.54, 1.807) is 11.9 Å².